The van der Waals surface area contributed by atoms with E-state index in [-0.39, 0.29) is 16.3 Å². The van der Waals surface area contributed by atoms with Crippen LogP contribution >= 0.6 is 11.6 Å². The molecule has 0 heterocycles. The Bertz CT molecular complexity index is 1510. The van der Waals surface area contributed by atoms with E-state index in [0.717, 1.165) is 9.87 Å². The highest BCUT2D eigenvalue weighted by molar-refractivity contribution is 7.92. The van der Waals surface area contributed by atoms with Crippen molar-refractivity contribution >= 4 is 38.9 Å². The van der Waals surface area contributed by atoms with Gasteiger partial charge < -0.3 is 19.5 Å². The SMILES string of the molecule is COc1ccc(S(=O)(=O)N(CC(=O)Nc2ccc(OCc3ccccc3)cc2)c2ccc(Cl)cc2)cc1OC. The zero-order chi connectivity index (χ0) is 27.8. The van der Waals surface area contributed by atoms with Crippen molar-refractivity contribution in [3.8, 4) is 17.2 Å². The van der Waals surface area contributed by atoms with E-state index < -0.39 is 22.5 Å². The molecule has 202 valence electrons. The summed E-state index contributed by atoms with van der Waals surface area (Å²) >= 11 is 6.02. The number of ether oxygens (including phenoxy) is 3. The fourth-order valence-corrected chi connectivity index (χ4v) is 5.30. The summed E-state index contributed by atoms with van der Waals surface area (Å²) in [5.74, 6) is 0.722. The molecule has 8 nitrogen and oxygen atoms in total. The molecular formula is C29H27ClN2O6S. The normalized spacial score (nSPS) is 10.9. The van der Waals surface area contributed by atoms with Gasteiger partial charge in [-0.1, -0.05) is 41.9 Å². The molecule has 0 aliphatic carbocycles. The Hall–Kier alpha value is -4.21. The van der Waals surface area contributed by atoms with Gasteiger partial charge >= 0.3 is 0 Å². The number of sulfonamides is 1. The van der Waals surface area contributed by atoms with Gasteiger partial charge in [0.2, 0.25) is 5.91 Å². The predicted octanol–water partition coefficient (Wildman–Crippen LogP) is 5.77. The average Bonchev–Trinajstić information content (AvgIpc) is 2.96. The second kappa shape index (κ2) is 12.6. The Kier molecular flexibility index (Phi) is 8.96. The molecule has 0 aromatic heterocycles. The van der Waals surface area contributed by atoms with Crippen LogP contribution in [0.25, 0.3) is 0 Å². The highest BCUT2D eigenvalue weighted by Crippen LogP contribution is 2.32. The van der Waals surface area contributed by atoms with Crippen LogP contribution in [0.5, 0.6) is 17.2 Å². The first-order chi connectivity index (χ1) is 18.8. The Morgan fingerprint density at radius 2 is 1.51 bits per heavy atom. The van der Waals surface area contributed by atoms with Crippen LogP contribution in [0.15, 0.2) is 102 Å². The lowest BCUT2D eigenvalue weighted by Crippen LogP contribution is -2.38. The monoisotopic (exact) mass is 566 g/mol. The molecule has 0 aliphatic rings. The number of nitrogens with one attached hydrogen (secondary N) is 1. The second-order valence-electron chi connectivity index (χ2n) is 8.35. The van der Waals surface area contributed by atoms with Gasteiger partial charge in [0.05, 0.1) is 24.8 Å². The van der Waals surface area contributed by atoms with E-state index in [1.54, 1.807) is 36.4 Å². The Morgan fingerprint density at radius 1 is 0.846 bits per heavy atom. The Labute approximate surface area is 232 Å². The first kappa shape index (κ1) is 27.8. The Morgan fingerprint density at radius 3 is 2.15 bits per heavy atom. The van der Waals surface area contributed by atoms with E-state index in [0.29, 0.717) is 28.8 Å². The van der Waals surface area contributed by atoms with Crippen molar-refractivity contribution in [2.24, 2.45) is 0 Å². The van der Waals surface area contributed by atoms with Crippen LogP contribution in [0.1, 0.15) is 5.56 Å². The summed E-state index contributed by atoms with van der Waals surface area (Å²) in [4.78, 5) is 13.0. The standard InChI is InChI=1S/C29H27ClN2O6S/c1-36-27-17-16-26(18-28(27)37-2)39(34,35)32(24-12-8-22(30)9-13-24)19-29(33)31-23-10-14-25(15-11-23)38-20-21-6-4-3-5-7-21/h3-18H,19-20H2,1-2H3,(H,31,33). The molecule has 0 radical (unpaired) electrons. The lowest BCUT2D eigenvalue weighted by molar-refractivity contribution is -0.114. The zero-order valence-corrected chi connectivity index (χ0v) is 22.9. The predicted molar refractivity (Wildman–Crippen MR) is 151 cm³/mol. The number of halogens is 1. The third kappa shape index (κ3) is 7.01. The van der Waals surface area contributed by atoms with Gasteiger partial charge in [0.15, 0.2) is 11.5 Å². The van der Waals surface area contributed by atoms with Crippen LogP contribution < -0.4 is 23.8 Å². The van der Waals surface area contributed by atoms with Gasteiger partial charge in [-0.05, 0) is 66.2 Å². The number of methoxy groups -OCH3 is 2. The van der Waals surface area contributed by atoms with E-state index in [1.807, 2.05) is 30.3 Å². The molecule has 1 amide bonds. The molecule has 0 bridgehead atoms. The van der Waals surface area contributed by atoms with Crippen molar-refractivity contribution in [3.63, 3.8) is 0 Å². The topological polar surface area (TPSA) is 94.2 Å². The summed E-state index contributed by atoms with van der Waals surface area (Å²) in [6.07, 6.45) is 0. The molecular weight excluding hydrogens is 540 g/mol. The average molecular weight is 567 g/mol. The largest absolute Gasteiger partial charge is 0.493 e. The maximum absolute atomic E-state index is 13.7. The maximum Gasteiger partial charge on any atom is 0.264 e. The number of benzene rings is 4. The van der Waals surface area contributed by atoms with Crippen molar-refractivity contribution in [1.29, 1.82) is 0 Å². The first-order valence-electron chi connectivity index (χ1n) is 11.9. The molecule has 4 rings (SSSR count). The molecule has 0 unspecified atom stereocenters. The summed E-state index contributed by atoms with van der Waals surface area (Å²) in [6.45, 7) is -0.0683. The van der Waals surface area contributed by atoms with Crippen LogP contribution in [0.4, 0.5) is 11.4 Å². The van der Waals surface area contributed by atoms with Gasteiger partial charge in [-0.2, -0.15) is 0 Å². The third-order valence-corrected chi connectivity index (χ3v) is 7.75. The minimum absolute atomic E-state index is 0.0668. The minimum Gasteiger partial charge on any atom is -0.493 e. The molecule has 10 heteroatoms. The number of nitrogens with zero attached hydrogens (tertiary/aromatic N) is 1. The van der Waals surface area contributed by atoms with Gasteiger partial charge in [0.25, 0.3) is 10.0 Å². The molecule has 4 aromatic rings. The summed E-state index contributed by atoms with van der Waals surface area (Å²) in [6, 6.07) is 27.0. The van der Waals surface area contributed by atoms with Gasteiger partial charge in [-0.3, -0.25) is 9.10 Å². The van der Waals surface area contributed by atoms with E-state index in [2.05, 4.69) is 5.32 Å². The smallest absolute Gasteiger partial charge is 0.264 e. The summed E-state index contributed by atoms with van der Waals surface area (Å²) in [5, 5.41) is 3.18. The van der Waals surface area contributed by atoms with E-state index >= 15 is 0 Å². The molecule has 0 fully saturated rings. The Balaban J connectivity index is 1.52. The second-order valence-corrected chi connectivity index (χ2v) is 10.7. The number of carbonyl (C=O) groups is 1. The number of anilines is 2. The number of amides is 1. The lowest BCUT2D eigenvalue weighted by atomic mass is 10.2. The molecule has 1 N–H and O–H groups in total. The van der Waals surface area contributed by atoms with Crippen LogP contribution in [0.2, 0.25) is 5.02 Å². The van der Waals surface area contributed by atoms with Crippen LogP contribution in [0.3, 0.4) is 0 Å². The van der Waals surface area contributed by atoms with Crippen molar-refractivity contribution in [2.75, 3.05) is 30.4 Å². The van der Waals surface area contributed by atoms with Crippen molar-refractivity contribution in [1.82, 2.24) is 0 Å². The van der Waals surface area contributed by atoms with Crippen LogP contribution in [-0.2, 0) is 21.4 Å². The molecule has 0 saturated carbocycles. The molecule has 39 heavy (non-hydrogen) atoms. The van der Waals surface area contributed by atoms with Crippen molar-refractivity contribution < 1.29 is 27.4 Å². The van der Waals surface area contributed by atoms with Crippen molar-refractivity contribution in [3.05, 3.63) is 108 Å². The van der Waals surface area contributed by atoms with E-state index in [4.69, 9.17) is 25.8 Å². The number of rotatable bonds is 11. The fourth-order valence-electron chi connectivity index (χ4n) is 3.73. The number of hydrogen-bond donors (Lipinski definition) is 1. The molecule has 0 spiro atoms. The highest BCUT2D eigenvalue weighted by atomic mass is 35.5. The van der Waals surface area contributed by atoms with Crippen LogP contribution in [0, 0.1) is 0 Å². The molecule has 4 aromatic carbocycles. The first-order valence-corrected chi connectivity index (χ1v) is 13.7. The van der Waals surface area contributed by atoms with Crippen LogP contribution in [-0.4, -0.2) is 35.1 Å². The van der Waals surface area contributed by atoms with Crippen molar-refractivity contribution in [2.45, 2.75) is 11.5 Å². The highest BCUT2D eigenvalue weighted by Gasteiger charge is 2.28. The molecule has 0 saturated heterocycles. The zero-order valence-electron chi connectivity index (χ0n) is 21.3. The third-order valence-electron chi connectivity index (χ3n) is 5.73. The number of carbonyl (C=O) groups excluding carboxylic acids is 1. The maximum atomic E-state index is 13.7. The minimum atomic E-state index is -4.18. The van der Waals surface area contributed by atoms with Gasteiger partial charge in [-0.25, -0.2) is 8.42 Å². The molecule has 0 atom stereocenters. The van der Waals surface area contributed by atoms with E-state index in [1.165, 1.54) is 44.6 Å². The fraction of sp³-hybridized carbons (Fsp3) is 0.138. The number of hydrogen-bond acceptors (Lipinski definition) is 6. The summed E-state index contributed by atoms with van der Waals surface area (Å²) < 4.78 is 44.7. The van der Waals surface area contributed by atoms with Gasteiger partial charge in [-0.15, -0.1) is 0 Å². The van der Waals surface area contributed by atoms with Gasteiger partial charge in [0.1, 0.15) is 18.9 Å². The van der Waals surface area contributed by atoms with E-state index in [9.17, 15) is 13.2 Å². The lowest BCUT2D eigenvalue weighted by Gasteiger charge is -2.24. The quantitative estimate of drug-likeness (QED) is 0.248. The van der Waals surface area contributed by atoms with Gasteiger partial charge in [0, 0.05) is 16.8 Å². The summed E-state index contributed by atoms with van der Waals surface area (Å²) in [5.41, 5.74) is 1.80. The summed E-state index contributed by atoms with van der Waals surface area (Å²) in [7, 11) is -1.31. The molecule has 0 aliphatic heterocycles.